The highest BCUT2D eigenvalue weighted by atomic mass is 79.9. The van der Waals surface area contributed by atoms with E-state index in [9.17, 15) is 5.11 Å². The summed E-state index contributed by atoms with van der Waals surface area (Å²) in [5.41, 5.74) is -0.621. The van der Waals surface area contributed by atoms with Gasteiger partial charge in [0.2, 0.25) is 0 Å². The van der Waals surface area contributed by atoms with E-state index in [2.05, 4.69) is 36.1 Å². The Hall–Kier alpha value is -0.880. The third-order valence-corrected chi connectivity index (χ3v) is 3.49. The molecule has 2 heterocycles. The van der Waals surface area contributed by atoms with Gasteiger partial charge in [0.05, 0.1) is 5.60 Å². The normalized spacial score (nSPS) is 24.9. The van der Waals surface area contributed by atoms with Crippen LogP contribution >= 0.6 is 15.9 Å². The first-order valence-electron chi connectivity index (χ1n) is 5.19. The Balaban J connectivity index is 2.28. The van der Waals surface area contributed by atoms with Gasteiger partial charge in [0.25, 0.3) is 0 Å². The van der Waals surface area contributed by atoms with Gasteiger partial charge in [-0.2, -0.15) is 0 Å². The topological polar surface area (TPSA) is 61.3 Å². The van der Waals surface area contributed by atoms with Gasteiger partial charge in [-0.15, -0.1) is 0 Å². The second-order valence-electron chi connectivity index (χ2n) is 4.28. The molecule has 1 aromatic heterocycles. The molecule has 1 saturated heterocycles. The maximum Gasteiger partial charge on any atom is 0.148 e. The lowest BCUT2D eigenvalue weighted by molar-refractivity contribution is 0.0839. The first kappa shape index (κ1) is 11.6. The highest BCUT2D eigenvalue weighted by molar-refractivity contribution is 9.10. The van der Waals surface area contributed by atoms with Gasteiger partial charge in [-0.05, 0) is 29.3 Å². The lowest BCUT2D eigenvalue weighted by Crippen LogP contribution is -2.30. The molecule has 0 saturated carbocycles. The molecular formula is C10H15BrN4O. The van der Waals surface area contributed by atoms with Crippen LogP contribution in [0, 0.1) is 0 Å². The number of rotatable bonds is 2. The van der Waals surface area contributed by atoms with Crippen LogP contribution in [-0.2, 0) is 0 Å². The molecule has 1 fully saturated rings. The van der Waals surface area contributed by atoms with E-state index in [4.69, 9.17) is 0 Å². The van der Waals surface area contributed by atoms with Crippen molar-refractivity contribution in [2.45, 2.75) is 18.9 Å². The molecule has 1 atom stereocenters. The molecule has 2 N–H and O–H groups in total. The fraction of sp³-hybridized carbons (Fsp3) is 0.600. The summed E-state index contributed by atoms with van der Waals surface area (Å²) >= 11 is 3.48. The Morgan fingerprint density at radius 3 is 2.88 bits per heavy atom. The van der Waals surface area contributed by atoms with Gasteiger partial charge in [-0.1, -0.05) is 0 Å². The summed E-state index contributed by atoms with van der Waals surface area (Å²) in [5, 5.41) is 12.9. The maximum atomic E-state index is 9.93. The van der Waals surface area contributed by atoms with Crippen molar-refractivity contribution in [2.24, 2.45) is 0 Å². The number of β-amino-alcohol motifs (C(OH)–C–C–N with tert-alkyl or cyclic N) is 1. The minimum Gasteiger partial charge on any atom is -0.388 e. The average Bonchev–Trinajstić information content (AvgIpc) is 2.59. The van der Waals surface area contributed by atoms with E-state index in [1.165, 1.54) is 6.33 Å². The lowest BCUT2D eigenvalue weighted by Gasteiger charge is -2.21. The van der Waals surface area contributed by atoms with Crippen LogP contribution in [0.4, 0.5) is 11.6 Å². The summed E-state index contributed by atoms with van der Waals surface area (Å²) in [6, 6.07) is 0. The largest absolute Gasteiger partial charge is 0.388 e. The van der Waals surface area contributed by atoms with Gasteiger partial charge in [0.15, 0.2) is 0 Å². The smallest absolute Gasteiger partial charge is 0.148 e. The lowest BCUT2D eigenvalue weighted by atomic mass is 10.1. The molecule has 1 aliphatic heterocycles. The Bertz CT molecular complexity index is 396. The molecule has 0 aromatic carbocycles. The fourth-order valence-electron chi connectivity index (χ4n) is 1.88. The van der Waals surface area contributed by atoms with Crippen molar-refractivity contribution in [1.29, 1.82) is 0 Å². The molecule has 1 unspecified atom stereocenters. The van der Waals surface area contributed by atoms with Crippen LogP contribution in [0.3, 0.4) is 0 Å². The predicted molar refractivity (Wildman–Crippen MR) is 66.7 cm³/mol. The molecule has 0 aliphatic carbocycles. The van der Waals surface area contributed by atoms with Crippen molar-refractivity contribution in [3.8, 4) is 0 Å². The molecule has 1 aromatic rings. The number of aliphatic hydroxyl groups is 1. The predicted octanol–water partition coefficient (Wildman–Crippen LogP) is 1.24. The first-order chi connectivity index (χ1) is 7.53. The Labute approximate surface area is 103 Å². The number of aromatic nitrogens is 2. The standard InChI is InChI=1S/C10H15BrN4O/c1-10(16)3-4-15(5-10)9-7(11)8(12-2)13-6-14-9/h6,16H,3-5H2,1-2H3,(H,12,13,14). The van der Waals surface area contributed by atoms with Crippen LogP contribution < -0.4 is 10.2 Å². The van der Waals surface area contributed by atoms with Crippen molar-refractivity contribution < 1.29 is 5.11 Å². The Morgan fingerprint density at radius 1 is 1.56 bits per heavy atom. The van der Waals surface area contributed by atoms with E-state index in [0.717, 1.165) is 29.1 Å². The second kappa shape index (κ2) is 4.18. The van der Waals surface area contributed by atoms with E-state index in [1.54, 1.807) is 0 Å². The molecule has 0 spiro atoms. The molecule has 5 nitrogen and oxygen atoms in total. The van der Waals surface area contributed by atoms with Crippen LogP contribution in [0.1, 0.15) is 13.3 Å². The Morgan fingerprint density at radius 2 is 2.31 bits per heavy atom. The molecule has 16 heavy (non-hydrogen) atoms. The second-order valence-corrected chi connectivity index (χ2v) is 5.07. The summed E-state index contributed by atoms with van der Waals surface area (Å²) in [6.07, 6.45) is 2.29. The summed E-state index contributed by atoms with van der Waals surface area (Å²) < 4.78 is 0.843. The number of anilines is 2. The minimum atomic E-state index is -0.621. The van der Waals surface area contributed by atoms with Crippen LogP contribution in [-0.4, -0.2) is 40.8 Å². The van der Waals surface area contributed by atoms with Gasteiger partial charge in [-0.25, -0.2) is 9.97 Å². The molecule has 0 bridgehead atoms. The number of hydrogen-bond acceptors (Lipinski definition) is 5. The number of nitrogens with one attached hydrogen (secondary N) is 1. The van der Waals surface area contributed by atoms with E-state index < -0.39 is 5.60 Å². The summed E-state index contributed by atoms with van der Waals surface area (Å²) in [4.78, 5) is 10.4. The van der Waals surface area contributed by atoms with Crippen molar-refractivity contribution in [2.75, 3.05) is 30.4 Å². The third-order valence-electron chi connectivity index (χ3n) is 2.76. The molecule has 6 heteroatoms. The van der Waals surface area contributed by atoms with Gasteiger partial charge in [0, 0.05) is 20.1 Å². The third kappa shape index (κ3) is 2.12. The fourth-order valence-corrected chi connectivity index (χ4v) is 2.53. The average molecular weight is 287 g/mol. The van der Waals surface area contributed by atoms with Gasteiger partial charge in [-0.3, -0.25) is 0 Å². The zero-order valence-corrected chi connectivity index (χ0v) is 11.0. The van der Waals surface area contributed by atoms with E-state index in [1.807, 2.05) is 14.0 Å². The summed E-state index contributed by atoms with van der Waals surface area (Å²) in [5.74, 6) is 1.59. The van der Waals surface area contributed by atoms with Crippen LogP contribution in [0.15, 0.2) is 10.8 Å². The van der Waals surface area contributed by atoms with Crippen LogP contribution in [0.2, 0.25) is 0 Å². The zero-order valence-electron chi connectivity index (χ0n) is 9.37. The van der Waals surface area contributed by atoms with Crippen molar-refractivity contribution >= 4 is 27.6 Å². The summed E-state index contributed by atoms with van der Waals surface area (Å²) in [7, 11) is 1.82. The van der Waals surface area contributed by atoms with Crippen molar-refractivity contribution in [3.05, 3.63) is 10.8 Å². The van der Waals surface area contributed by atoms with Crippen molar-refractivity contribution in [1.82, 2.24) is 9.97 Å². The van der Waals surface area contributed by atoms with Crippen LogP contribution in [0.5, 0.6) is 0 Å². The molecule has 0 radical (unpaired) electrons. The number of nitrogens with zero attached hydrogens (tertiary/aromatic N) is 3. The molecule has 0 amide bonds. The number of hydrogen-bond donors (Lipinski definition) is 2. The van der Waals surface area contributed by atoms with Crippen LogP contribution in [0.25, 0.3) is 0 Å². The zero-order chi connectivity index (χ0) is 11.8. The number of halogens is 1. The molecule has 88 valence electrons. The SMILES string of the molecule is CNc1ncnc(N2CCC(C)(O)C2)c1Br. The molecule has 2 rings (SSSR count). The maximum absolute atomic E-state index is 9.93. The quantitative estimate of drug-likeness (QED) is 0.857. The van der Waals surface area contributed by atoms with Gasteiger partial charge < -0.3 is 15.3 Å². The van der Waals surface area contributed by atoms with Gasteiger partial charge in [0.1, 0.15) is 22.4 Å². The van der Waals surface area contributed by atoms with E-state index in [0.29, 0.717) is 6.54 Å². The molecular weight excluding hydrogens is 272 g/mol. The van der Waals surface area contributed by atoms with Crippen molar-refractivity contribution in [3.63, 3.8) is 0 Å². The van der Waals surface area contributed by atoms with Gasteiger partial charge >= 0.3 is 0 Å². The highest BCUT2D eigenvalue weighted by Crippen LogP contribution is 2.33. The van der Waals surface area contributed by atoms with E-state index >= 15 is 0 Å². The van der Waals surface area contributed by atoms with E-state index in [-0.39, 0.29) is 0 Å². The molecule has 1 aliphatic rings. The Kier molecular flexibility index (Phi) is 3.03. The summed E-state index contributed by atoms with van der Waals surface area (Å²) in [6.45, 7) is 3.26. The minimum absolute atomic E-state index is 0.603. The highest BCUT2D eigenvalue weighted by Gasteiger charge is 2.33. The monoisotopic (exact) mass is 286 g/mol. The first-order valence-corrected chi connectivity index (χ1v) is 5.98.